The molecule has 0 radical (unpaired) electrons. The first-order valence-electron chi connectivity index (χ1n) is 2.57. The van der Waals surface area contributed by atoms with Crippen molar-refractivity contribution >= 4 is 6.34 Å². The van der Waals surface area contributed by atoms with Crippen LogP contribution in [0.25, 0.3) is 0 Å². The Labute approximate surface area is 48.9 Å². The van der Waals surface area contributed by atoms with Gasteiger partial charge in [-0.15, -0.1) is 0 Å². The van der Waals surface area contributed by atoms with Gasteiger partial charge in [0.1, 0.15) is 6.34 Å². The van der Waals surface area contributed by atoms with Crippen molar-refractivity contribution in [1.82, 2.24) is 4.90 Å². The summed E-state index contributed by atoms with van der Waals surface area (Å²) in [6.07, 6.45) is 1.67. The van der Waals surface area contributed by atoms with Crippen LogP contribution in [0.1, 0.15) is 13.8 Å². The van der Waals surface area contributed by atoms with Crippen LogP contribution in [0.4, 0.5) is 0 Å². The first kappa shape index (κ1) is 5.41. The summed E-state index contributed by atoms with van der Waals surface area (Å²) in [5, 5.41) is 3.62. The fraction of sp³-hybridized carbons (Fsp3) is 0.800. The van der Waals surface area contributed by atoms with E-state index in [4.69, 9.17) is 4.84 Å². The van der Waals surface area contributed by atoms with E-state index in [1.165, 1.54) is 0 Å². The summed E-state index contributed by atoms with van der Waals surface area (Å²) in [4.78, 5) is 6.86. The summed E-state index contributed by atoms with van der Waals surface area (Å²) in [5.41, 5.74) is -0.236. The minimum Gasteiger partial charge on any atom is -0.366 e. The third kappa shape index (κ3) is 0.638. The molecule has 0 saturated heterocycles. The molecule has 0 aromatic heterocycles. The molecule has 1 rings (SSSR count). The van der Waals surface area contributed by atoms with Gasteiger partial charge in [-0.1, -0.05) is 5.16 Å². The van der Waals surface area contributed by atoms with Gasteiger partial charge in [-0.3, -0.25) is 0 Å². The first-order valence-corrected chi connectivity index (χ1v) is 2.57. The predicted octanol–water partition coefficient (Wildman–Crippen LogP) is 0.628. The minimum absolute atomic E-state index is 0.236. The Morgan fingerprint density at radius 2 is 2.25 bits per heavy atom. The molecule has 0 N–H and O–H groups in total. The van der Waals surface area contributed by atoms with E-state index in [9.17, 15) is 0 Å². The molecule has 3 nitrogen and oxygen atoms in total. The average Bonchev–Trinajstić information content (AvgIpc) is 1.86. The molecule has 0 atom stereocenters. The summed E-state index contributed by atoms with van der Waals surface area (Å²) < 4.78 is 0. The lowest BCUT2D eigenvalue weighted by Crippen LogP contribution is -2.36. The van der Waals surface area contributed by atoms with Crippen LogP contribution in [0, 0.1) is 0 Å². The maximum absolute atomic E-state index is 4.95. The smallest absolute Gasteiger partial charge is 0.205 e. The number of oxime groups is 1. The summed E-state index contributed by atoms with van der Waals surface area (Å²) in [5.74, 6) is 0. The van der Waals surface area contributed by atoms with Crippen LogP contribution in [0.2, 0.25) is 0 Å². The Kier molecular flexibility index (Phi) is 0.927. The van der Waals surface area contributed by atoms with Crippen molar-refractivity contribution in [3.05, 3.63) is 0 Å². The molecule has 0 aromatic carbocycles. The predicted molar refractivity (Wildman–Crippen MR) is 31.4 cm³/mol. The highest BCUT2D eigenvalue weighted by Gasteiger charge is 2.27. The van der Waals surface area contributed by atoms with Crippen molar-refractivity contribution in [3.8, 4) is 0 Å². The SMILES string of the molecule is CN1C=NOC1(C)C. The van der Waals surface area contributed by atoms with Gasteiger partial charge in [0.05, 0.1) is 0 Å². The Morgan fingerprint density at radius 3 is 2.38 bits per heavy atom. The normalized spacial score (nSPS) is 23.6. The lowest BCUT2D eigenvalue weighted by Gasteiger charge is -2.23. The van der Waals surface area contributed by atoms with Crippen molar-refractivity contribution in [2.24, 2.45) is 5.16 Å². The van der Waals surface area contributed by atoms with Gasteiger partial charge in [0.15, 0.2) is 0 Å². The highest BCUT2D eigenvalue weighted by molar-refractivity contribution is 5.55. The number of hydrogen-bond donors (Lipinski definition) is 0. The number of rotatable bonds is 0. The molecular formula is C5H10N2O. The average molecular weight is 114 g/mol. The zero-order valence-electron chi connectivity index (χ0n) is 5.38. The van der Waals surface area contributed by atoms with E-state index in [1.807, 2.05) is 25.8 Å². The molecule has 0 aliphatic carbocycles. The zero-order chi connectivity index (χ0) is 6.20. The van der Waals surface area contributed by atoms with Crippen molar-refractivity contribution in [2.45, 2.75) is 19.6 Å². The van der Waals surface area contributed by atoms with E-state index >= 15 is 0 Å². The van der Waals surface area contributed by atoms with Crippen LogP contribution >= 0.6 is 0 Å². The number of hydrogen-bond acceptors (Lipinski definition) is 3. The Morgan fingerprint density at radius 1 is 1.62 bits per heavy atom. The Hall–Kier alpha value is -0.730. The standard InChI is InChI=1S/C5H10N2O/c1-5(2)7(3)4-6-8-5/h4H,1-3H3. The lowest BCUT2D eigenvalue weighted by molar-refractivity contribution is -0.0589. The fourth-order valence-corrected chi connectivity index (χ4v) is 0.427. The van der Waals surface area contributed by atoms with Gasteiger partial charge in [-0.25, -0.2) is 0 Å². The van der Waals surface area contributed by atoms with Crippen LogP contribution in [-0.4, -0.2) is 24.0 Å². The van der Waals surface area contributed by atoms with Crippen LogP contribution in [0.15, 0.2) is 5.16 Å². The minimum atomic E-state index is -0.236. The van der Waals surface area contributed by atoms with Crippen LogP contribution in [-0.2, 0) is 4.84 Å². The van der Waals surface area contributed by atoms with Crippen LogP contribution in [0.3, 0.4) is 0 Å². The van der Waals surface area contributed by atoms with Crippen molar-refractivity contribution in [1.29, 1.82) is 0 Å². The summed E-state index contributed by atoms with van der Waals surface area (Å²) >= 11 is 0. The zero-order valence-corrected chi connectivity index (χ0v) is 5.38. The van der Waals surface area contributed by atoms with Crippen LogP contribution in [0.5, 0.6) is 0 Å². The van der Waals surface area contributed by atoms with E-state index in [-0.39, 0.29) is 5.72 Å². The third-order valence-electron chi connectivity index (χ3n) is 1.35. The Balaban J connectivity index is 2.64. The molecular weight excluding hydrogens is 104 g/mol. The quantitative estimate of drug-likeness (QED) is 0.461. The molecule has 1 aliphatic rings. The monoisotopic (exact) mass is 114 g/mol. The fourth-order valence-electron chi connectivity index (χ4n) is 0.427. The topological polar surface area (TPSA) is 24.8 Å². The molecule has 0 amide bonds. The van der Waals surface area contributed by atoms with Crippen molar-refractivity contribution < 1.29 is 4.84 Å². The van der Waals surface area contributed by atoms with Gasteiger partial charge in [-0.2, -0.15) is 0 Å². The van der Waals surface area contributed by atoms with E-state index in [2.05, 4.69) is 5.16 Å². The molecule has 0 aromatic rings. The summed E-state index contributed by atoms with van der Waals surface area (Å²) in [6, 6.07) is 0. The van der Waals surface area contributed by atoms with Gasteiger partial charge in [0.2, 0.25) is 5.72 Å². The molecule has 0 spiro atoms. The molecule has 46 valence electrons. The first-order chi connectivity index (χ1) is 3.63. The molecule has 0 bridgehead atoms. The molecule has 1 heterocycles. The van der Waals surface area contributed by atoms with Crippen molar-refractivity contribution in [3.63, 3.8) is 0 Å². The van der Waals surface area contributed by atoms with Gasteiger partial charge in [0.25, 0.3) is 0 Å². The summed E-state index contributed by atoms with van der Waals surface area (Å²) in [7, 11) is 1.93. The number of nitrogens with zero attached hydrogens (tertiary/aromatic N) is 2. The third-order valence-corrected chi connectivity index (χ3v) is 1.35. The molecule has 3 heteroatoms. The highest BCUT2D eigenvalue weighted by atomic mass is 16.7. The Bertz CT molecular complexity index is 120. The van der Waals surface area contributed by atoms with Crippen LogP contribution < -0.4 is 0 Å². The highest BCUT2D eigenvalue weighted by Crippen LogP contribution is 2.16. The van der Waals surface area contributed by atoms with E-state index in [0.717, 1.165) is 0 Å². The molecule has 0 saturated carbocycles. The second kappa shape index (κ2) is 1.37. The van der Waals surface area contributed by atoms with Gasteiger partial charge in [0, 0.05) is 7.05 Å². The van der Waals surface area contributed by atoms with E-state index < -0.39 is 0 Å². The van der Waals surface area contributed by atoms with Gasteiger partial charge in [-0.05, 0) is 13.8 Å². The van der Waals surface area contributed by atoms with E-state index in [0.29, 0.717) is 0 Å². The largest absolute Gasteiger partial charge is 0.366 e. The van der Waals surface area contributed by atoms with Gasteiger partial charge >= 0.3 is 0 Å². The maximum Gasteiger partial charge on any atom is 0.205 e. The second-order valence-electron chi connectivity index (χ2n) is 2.37. The second-order valence-corrected chi connectivity index (χ2v) is 2.37. The van der Waals surface area contributed by atoms with Gasteiger partial charge < -0.3 is 9.74 Å². The summed E-state index contributed by atoms with van der Waals surface area (Å²) in [6.45, 7) is 3.92. The molecule has 8 heavy (non-hydrogen) atoms. The van der Waals surface area contributed by atoms with E-state index in [1.54, 1.807) is 6.34 Å². The molecule has 0 fully saturated rings. The van der Waals surface area contributed by atoms with Crippen molar-refractivity contribution in [2.75, 3.05) is 7.05 Å². The lowest BCUT2D eigenvalue weighted by atomic mass is 10.3. The maximum atomic E-state index is 4.95. The molecule has 0 unspecified atom stereocenters. The molecule has 1 aliphatic heterocycles.